The number of hydrogen-bond acceptors (Lipinski definition) is 1. The van der Waals surface area contributed by atoms with Crippen molar-refractivity contribution in [1.29, 1.82) is 0 Å². The van der Waals surface area contributed by atoms with Crippen molar-refractivity contribution < 1.29 is 9.90 Å². The van der Waals surface area contributed by atoms with E-state index in [4.69, 9.17) is 5.11 Å². The summed E-state index contributed by atoms with van der Waals surface area (Å²) in [6, 6.07) is 0. The Balaban J connectivity index is 0. The number of rotatable bonds is 39. The van der Waals surface area contributed by atoms with Gasteiger partial charge in [-0.3, -0.25) is 4.79 Å². The maximum absolute atomic E-state index is 10.4. The lowest BCUT2D eigenvalue weighted by molar-refractivity contribution is -0.137. The van der Waals surface area contributed by atoms with Crippen LogP contribution in [-0.2, 0) is 4.79 Å². The van der Waals surface area contributed by atoms with Crippen molar-refractivity contribution in [1.82, 2.24) is 0 Å². The zero-order valence-corrected chi connectivity index (χ0v) is 32.6. The van der Waals surface area contributed by atoms with E-state index in [0.717, 1.165) is 12.8 Å². The van der Waals surface area contributed by atoms with Crippen LogP contribution in [0.3, 0.4) is 0 Å². The fraction of sp³-hybridized carbons (Fsp3) is 0.977. The molecule has 46 heavy (non-hydrogen) atoms. The van der Waals surface area contributed by atoms with E-state index in [1.54, 1.807) is 0 Å². The lowest BCUT2D eigenvalue weighted by Crippen LogP contribution is -1.93. The Morgan fingerprint density at radius 1 is 0.261 bits per heavy atom. The van der Waals surface area contributed by atoms with Gasteiger partial charge in [0.1, 0.15) is 0 Å². The van der Waals surface area contributed by atoms with Crippen LogP contribution in [-0.4, -0.2) is 11.1 Å². The first kappa shape index (κ1) is 47.6. The van der Waals surface area contributed by atoms with Crippen molar-refractivity contribution in [2.45, 2.75) is 278 Å². The molecular weight excluding hydrogens is 560 g/mol. The van der Waals surface area contributed by atoms with Gasteiger partial charge < -0.3 is 5.11 Å². The van der Waals surface area contributed by atoms with Crippen LogP contribution in [0.25, 0.3) is 0 Å². The van der Waals surface area contributed by atoms with Gasteiger partial charge in [-0.05, 0) is 6.42 Å². The molecule has 0 aliphatic heterocycles. The number of hydrogen-bond donors (Lipinski definition) is 1. The number of unbranched alkanes of at least 4 members (excludes halogenated alkanes) is 37. The lowest BCUT2D eigenvalue weighted by Gasteiger charge is -2.03. The minimum Gasteiger partial charge on any atom is -0.481 e. The highest BCUT2D eigenvalue weighted by Gasteiger charge is 1.98. The van der Waals surface area contributed by atoms with Crippen molar-refractivity contribution in [3.8, 4) is 0 Å². The molecule has 0 radical (unpaired) electrons. The summed E-state index contributed by atoms with van der Waals surface area (Å²) in [5, 5.41) is 8.56. The topological polar surface area (TPSA) is 37.3 Å². The van der Waals surface area contributed by atoms with E-state index < -0.39 is 5.97 Å². The number of carbonyl (C=O) groups is 1. The monoisotopic (exact) mass is 651 g/mol. The molecule has 0 amide bonds. The Morgan fingerprint density at radius 3 is 0.522 bits per heavy atom. The zero-order chi connectivity index (χ0) is 33.9. The highest BCUT2D eigenvalue weighted by molar-refractivity contribution is 5.66. The van der Waals surface area contributed by atoms with Gasteiger partial charge in [0.05, 0.1) is 0 Å². The fourth-order valence-electron chi connectivity index (χ4n) is 6.68. The highest BCUT2D eigenvalue weighted by Crippen LogP contribution is 2.16. The smallest absolute Gasteiger partial charge is 0.303 e. The average Bonchev–Trinajstić information content (AvgIpc) is 3.05. The first-order valence-electron chi connectivity index (χ1n) is 21.9. The van der Waals surface area contributed by atoms with E-state index in [1.807, 2.05) is 0 Å². The summed E-state index contributed by atoms with van der Waals surface area (Å²) in [4.78, 5) is 10.4. The molecule has 0 rings (SSSR count). The second-order valence-electron chi connectivity index (χ2n) is 14.9. The van der Waals surface area contributed by atoms with Crippen LogP contribution >= 0.6 is 0 Å². The predicted octanol–water partition coefficient (Wildman–Crippen LogP) is 16.7. The van der Waals surface area contributed by atoms with Crippen molar-refractivity contribution in [3.05, 3.63) is 0 Å². The van der Waals surface area contributed by atoms with Gasteiger partial charge in [0.25, 0.3) is 0 Å². The van der Waals surface area contributed by atoms with Crippen LogP contribution in [0.15, 0.2) is 0 Å². The Bertz CT molecular complexity index is 496. The summed E-state index contributed by atoms with van der Waals surface area (Å²) in [6.07, 6.45) is 55.5. The summed E-state index contributed by atoms with van der Waals surface area (Å²) in [5.41, 5.74) is 0. The Morgan fingerprint density at radius 2 is 0.391 bits per heavy atom. The molecule has 1 N–H and O–H groups in total. The molecule has 0 saturated carbocycles. The minimum atomic E-state index is -0.651. The molecule has 0 aliphatic rings. The summed E-state index contributed by atoms with van der Waals surface area (Å²) in [6.45, 7) is 6.88. The average molecular weight is 651 g/mol. The van der Waals surface area contributed by atoms with E-state index in [-0.39, 0.29) is 0 Å². The van der Waals surface area contributed by atoms with Gasteiger partial charge in [0, 0.05) is 6.42 Å². The molecule has 0 heterocycles. The van der Waals surface area contributed by atoms with Gasteiger partial charge in [0.15, 0.2) is 0 Å². The van der Waals surface area contributed by atoms with Crippen molar-refractivity contribution in [3.63, 3.8) is 0 Å². The molecule has 2 heteroatoms. The third-order valence-corrected chi connectivity index (χ3v) is 9.95. The zero-order valence-electron chi connectivity index (χ0n) is 32.6. The lowest BCUT2D eigenvalue weighted by atomic mass is 10.0. The molecule has 0 bridgehead atoms. The van der Waals surface area contributed by atoms with Crippen LogP contribution in [0.1, 0.15) is 278 Å². The van der Waals surface area contributed by atoms with Crippen LogP contribution in [0.4, 0.5) is 0 Å². The van der Waals surface area contributed by atoms with Crippen molar-refractivity contribution in [2.75, 3.05) is 0 Å². The number of carboxylic acid groups (broad SMARTS) is 1. The first-order chi connectivity index (χ1) is 22.7. The van der Waals surface area contributed by atoms with Crippen molar-refractivity contribution >= 4 is 5.97 Å². The van der Waals surface area contributed by atoms with Gasteiger partial charge in [-0.2, -0.15) is 0 Å². The maximum Gasteiger partial charge on any atom is 0.303 e. The third kappa shape index (κ3) is 50.3. The molecule has 2 nitrogen and oxygen atoms in total. The van der Waals surface area contributed by atoms with Gasteiger partial charge in [-0.25, -0.2) is 0 Å². The molecule has 0 spiro atoms. The second kappa shape index (κ2) is 46.6. The maximum atomic E-state index is 10.4. The number of carboxylic acids is 1. The Kier molecular flexibility index (Phi) is 48.2. The van der Waals surface area contributed by atoms with E-state index in [2.05, 4.69) is 20.8 Å². The molecule has 0 atom stereocenters. The summed E-state index contributed by atoms with van der Waals surface area (Å²) in [5.74, 6) is -0.651. The molecular formula is C44H90O2. The fourth-order valence-corrected chi connectivity index (χ4v) is 6.68. The molecule has 0 unspecified atom stereocenters. The van der Waals surface area contributed by atoms with E-state index in [9.17, 15) is 4.79 Å². The summed E-state index contributed by atoms with van der Waals surface area (Å²) >= 11 is 0. The molecule has 0 fully saturated rings. The van der Waals surface area contributed by atoms with Crippen LogP contribution in [0.2, 0.25) is 0 Å². The summed E-state index contributed by atoms with van der Waals surface area (Å²) < 4.78 is 0. The standard InChI is InChI=1S/C22H44O2.C22H46/c1-2-3-4-5-6-7-8-9-10-11-12-13-14-15-16-17-18-19-20-21-22(23)24;1-3-5-7-9-11-13-15-17-19-21-22-20-18-16-14-12-10-8-6-4-2/h2-21H2,1H3,(H,23,24);3-22H2,1-2H3. The van der Waals surface area contributed by atoms with E-state index in [1.165, 1.54) is 238 Å². The SMILES string of the molecule is CCCCCCCCCCCCCCCCCCCCCC.CCCCCCCCCCCCCCCCCCCCCC(=O)O. The van der Waals surface area contributed by atoms with Gasteiger partial charge >= 0.3 is 5.97 Å². The molecule has 0 aromatic heterocycles. The van der Waals surface area contributed by atoms with E-state index in [0.29, 0.717) is 6.42 Å². The highest BCUT2D eigenvalue weighted by atomic mass is 16.4. The molecule has 0 aliphatic carbocycles. The molecule has 0 saturated heterocycles. The quantitative estimate of drug-likeness (QED) is 0.0672. The Hall–Kier alpha value is -0.530. The first-order valence-corrected chi connectivity index (χ1v) is 21.9. The van der Waals surface area contributed by atoms with Gasteiger partial charge in [0.2, 0.25) is 0 Å². The van der Waals surface area contributed by atoms with Crippen LogP contribution in [0, 0.1) is 0 Å². The summed E-state index contributed by atoms with van der Waals surface area (Å²) in [7, 11) is 0. The number of aliphatic carboxylic acids is 1. The molecule has 278 valence electrons. The minimum absolute atomic E-state index is 0.346. The van der Waals surface area contributed by atoms with Crippen LogP contribution < -0.4 is 0 Å². The third-order valence-electron chi connectivity index (χ3n) is 9.95. The van der Waals surface area contributed by atoms with Gasteiger partial charge in [-0.15, -0.1) is 0 Å². The van der Waals surface area contributed by atoms with Gasteiger partial charge in [-0.1, -0.05) is 265 Å². The van der Waals surface area contributed by atoms with Crippen LogP contribution in [0.5, 0.6) is 0 Å². The molecule has 0 aromatic carbocycles. The molecule has 0 aromatic rings. The van der Waals surface area contributed by atoms with Crippen molar-refractivity contribution in [2.24, 2.45) is 0 Å². The largest absolute Gasteiger partial charge is 0.481 e. The van der Waals surface area contributed by atoms with E-state index >= 15 is 0 Å². The predicted molar refractivity (Wildman–Crippen MR) is 209 cm³/mol. The Labute approximate surface area is 292 Å². The second-order valence-corrected chi connectivity index (χ2v) is 14.9. The normalized spacial score (nSPS) is 11.1.